The predicted molar refractivity (Wildman–Crippen MR) is 72.2 cm³/mol. The number of carboxylic acids is 1. The molecule has 1 heterocycles. The highest BCUT2D eigenvalue weighted by atomic mass is 35.5. The number of benzene rings is 1. The smallest absolute Gasteiger partial charge is 0.319 e. The summed E-state index contributed by atoms with van der Waals surface area (Å²) in [6, 6.07) is 5.46. The summed E-state index contributed by atoms with van der Waals surface area (Å²) in [6.07, 6.45) is 0. The standard InChI is InChI=1S/C11H10ClNO2S2/c1-11(2,9(14)15)17-10-13-7-4-3-6(12)5-8(7)16-10/h3-5H,1-2H3,(H,14,15). The summed E-state index contributed by atoms with van der Waals surface area (Å²) >= 11 is 8.60. The minimum atomic E-state index is -0.877. The topological polar surface area (TPSA) is 50.2 Å². The Morgan fingerprint density at radius 2 is 2.24 bits per heavy atom. The summed E-state index contributed by atoms with van der Waals surface area (Å²) < 4.78 is 0.841. The Hall–Kier alpha value is -0.780. The normalized spacial score (nSPS) is 11.9. The van der Waals surface area contributed by atoms with Gasteiger partial charge in [-0.2, -0.15) is 0 Å². The van der Waals surface area contributed by atoms with Crippen molar-refractivity contribution in [3.63, 3.8) is 0 Å². The Balaban J connectivity index is 2.34. The average molecular weight is 288 g/mol. The maximum Gasteiger partial charge on any atom is 0.319 e. The highest BCUT2D eigenvalue weighted by Gasteiger charge is 2.29. The summed E-state index contributed by atoms with van der Waals surface area (Å²) in [5.74, 6) is -0.847. The number of carbonyl (C=O) groups is 1. The number of halogens is 1. The summed E-state index contributed by atoms with van der Waals surface area (Å²) in [4.78, 5) is 15.4. The molecule has 0 radical (unpaired) electrons. The number of aromatic nitrogens is 1. The van der Waals surface area contributed by atoms with Crippen molar-refractivity contribution >= 4 is 50.9 Å². The molecule has 17 heavy (non-hydrogen) atoms. The van der Waals surface area contributed by atoms with E-state index in [9.17, 15) is 4.79 Å². The van der Waals surface area contributed by atoms with Crippen molar-refractivity contribution in [3.8, 4) is 0 Å². The number of thiazole rings is 1. The zero-order valence-electron chi connectivity index (χ0n) is 9.23. The zero-order chi connectivity index (χ0) is 12.6. The van der Waals surface area contributed by atoms with E-state index in [-0.39, 0.29) is 0 Å². The lowest BCUT2D eigenvalue weighted by molar-refractivity contribution is -0.138. The van der Waals surface area contributed by atoms with Crippen LogP contribution in [0.15, 0.2) is 22.5 Å². The summed E-state index contributed by atoms with van der Waals surface area (Å²) in [5, 5.41) is 9.72. The maximum atomic E-state index is 11.0. The fraction of sp³-hybridized carbons (Fsp3) is 0.273. The van der Waals surface area contributed by atoms with Crippen LogP contribution in [-0.2, 0) is 4.79 Å². The molecule has 2 rings (SSSR count). The van der Waals surface area contributed by atoms with Gasteiger partial charge in [0.25, 0.3) is 0 Å². The fourth-order valence-corrected chi connectivity index (χ4v) is 3.88. The summed E-state index contributed by atoms with van der Waals surface area (Å²) in [5.41, 5.74) is 0.850. The molecule has 0 aliphatic carbocycles. The molecule has 0 fully saturated rings. The first kappa shape index (κ1) is 12.7. The van der Waals surface area contributed by atoms with Gasteiger partial charge < -0.3 is 5.11 Å². The lowest BCUT2D eigenvalue weighted by Crippen LogP contribution is -2.26. The minimum absolute atomic E-state index is 0.662. The Kier molecular flexibility index (Phi) is 3.34. The van der Waals surface area contributed by atoms with Crippen molar-refractivity contribution in [2.45, 2.75) is 22.9 Å². The van der Waals surface area contributed by atoms with Crippen LogP contribution in [0.3, 0.4) is 0 Å². The van der Waals surface area contributed by atoms with Gasteiger partial charge in [-0.3, -0.25) is 4.79 Å². The molecule has 1 N–H and O–H groups in total. The molecule has 6 heteroatoms. The van der Waals surface area contributed by atoms with Crippen molar-refractivity contribution in [3.05, 3.63) is 23.2 Å². The van der Waals surface area contributed by atoms with Gasteiger partial charge in [0.1, 0.15) is 4.75 Å². The third kappa shape index (κ3) is 2.73. The molecule has 0 saturated heterocycles. The first-order valence-corrected chi connectivity index (χ1v) is 6.88. The first-order valence-electron chi connectivity index (χ1n) is 4.87. The van der Waals surface area contributed by atoms with Gasteiger partial charge in [-0.05, 0) is 32.0 Å². The third-order valence-corrected chi connectivity index (χ3v) is 4.69. The van der Waals surface area contributed by atoms with Crippen LogP contribution in [0, 0.1) is 0 Å². The number of hydrogen-bond acceptors (Lipinski definition) is 4. The second-order valence-corrected chi connectivity index (χ2v) is 7.35. The average Bonchev–Trinajstić information content (AvgIpc) is 2.57. The van der Waals surface area contributed by atoms with Gasteiger partial charge in [-0.1, -0.05) is 23.4 Å². The lowest BCUT2D eigenvalue weighted by atomic mass is 10.2. The molecule has 0 spiro atoms. The van der Waals surface area contributed by atoms with Gasteiger partial charge in [0.05, 0.1) is 10.2 Å². The van der Waals surface area contributed by atoms with E-state index in [4.69, 9.17) is 16.7 Å². The van der Waals surface area contributed by atoms with E-state index < -0.39 is 10.7 Å². The van der Waals surface area contributed by atoms with E-state index in [2.05, 4.69) is 4.98 Å². The molecule has 90 valence electrons. The lowest BCUT2D eigenvalue weighted by Gasteiger charge is -2.15. The van der Waals surface area contributed by atoms with Crippen LogP contribution in [0.25, 0.3) is 10.2 Å². The van der Waals surface area contributed by atoms with E-state index in [0.29, 0.717) is 5.02 Å². The van der Waals surface area contributed by atoms with Crippen LogP contribution in [0.2, 0.25) is 5.02 Å². The van der Waals surface area contributed by atoms with Gasteiger partial charge in [0, 0.05) is 5.02 Å². The number of aliphatic carboxylic acids is 1. The van der Waals surface area contributed by atoms with Crippen LogP contribution < -0.4 is 0 Å². The van der Waals surface area contributed by atoms with Gasteiger partial charge in [-0.15, -0.1) is 11.3 Å². The molecule has 1 aromatic heterocycles. The van der Waals surface area contributed by atoms with E-state index >= 15 is 0 Å². The predicted octanol–water partition coefficient (Wildman–Crippen LogP) is 3.91. The van der Waals surface area contributed by atoms with Crippen molar-refractivity contribution in [2.75, 3.05) is 0 Å². The minimum Gasteiger partial charge on any atom is -0.480 e. The molecule has 0 unspecified atom stereocenters. The van der Waals surface area contributed by atoms with E-state index in [0.717, 1.165) is 14.6 Å². The monoisotopic (exact) mass is 287 g/mol. The van der Waals surface area contributed by atoms with Crippen molar-refractivity contribution in [1.29, 1.82) is 0 Å². The number of thioether (sulfide) groups is 1. The summed E-state index contributed by atoms with van der Waals surface area (Å²) in [7, 11) is 0. The van der Waals surface area contributed by atoms with Crippen LogP contribution in [0.4, 0.5) is 0 Å². The highest BCUT2D eigenvalue weighted by Crippen LogP contribution is 2.38. The SMILES string of the molecule is CC(C)(Sc1nc2ccc(Cl)cc2s1)C(=O)O. The van der Waals surface area contributed by atoms with Crippen molar-refractivity contribution in [1.82, 2.24) is 4.98 Å². The van der Waals surface area contributed by atoms with Crippen molar-refractivity contribution < 1.29 is 9.90 Å². The van der Waals surface area contributed by atoms with E-state index in [1.54, 1.807) is 19.9 Å². The molecule has 0 atom stereocenters. The van der Waals surface area contributed by atoms with Crippen LogP contribution in [0.1, 0.15) is 13.8 Å². The van der Waals surface area contributed by atoms with Crippen LogP contribution >= 0.6 is 34.7 Å². The first-order chi connectivity index (χ1) is 7.88. The number of hydrogen-bond donors (Lipinski definition) is 1. The summed E-state index contributed by atoms with van der Waals surface area (Å²) in [6.45, 7) is 3.33. The molecule has 0 amide bonds. The molecular weight excluding hydrogens is 278 g/mol. The maximum absolute atomic E-state index is 11.0. The quantitative estimate of drug-likeness (QED) is 0.870. The molecule has 0 bridgehead atoms. The van der Waals surface area contributed by atoms with Gasteiger partial charge >= 0.3 is 5.97 Å². The molecule has 0 aliphatic rings. The second kappa shape index (κ2) is 4.48. The zero-order valence-corrected chi connectivity index (χ0v) is 11.6. The van der Waals surface area contributed by atoms with Crippen LogP contribution in [0.5, 0.6) is 0 Å². The Morgan fingerprint density at radius 1 is 1.53 bits per heavy atom. The Morgan fingerprint density at radius 3 is 2.88 bits per heavy atom. The molecule has 0 aliphatic heterocycles. The number of carboxylic acid groups (broad SMARTS) is 1. The van der Waals surface area contributed by atoms with Crippen molar-refractivity contribution in [2.24, 2.45) is 0 Å². The van der Waals surface area contributed by atoms with Gasteiger partial charge in [0.15, 0.2) is 4.34 Å². The fourth-order valence-electron chi connectivity index (χ4n) is 1.18. The Labute approximate surface area is 112 Å². The molecule has 1 aromatic carbocycles. The van der Waals surface area contributed by atoms with Crippen LogP contribution in [-0.4, -0.2) is 20.8 Å². The van der Waals surface area contributed by atoms with Gasteiger partial charge in [-0.25, -0.2) is 4.98 Å². The Bertz CT molecular complexity index is 580. The number of rotatable bonds is 3. The highest BCUT2D eigenvalue weighted by molar-refractivity contribution is 8.03. The van der Waals surface area contributed by atoms with Gasteiger partial charge in [0.2, 0.25) is 0 Å². The number of fused-ring (bicyclic) bond motifs is 1. The molecule has 0 saturated carbocycles. The largest absolute Gasteiger partial charge is 0.480 e. The molecule has 2 aromatic rings. The van der Waals surface area contributed by atoms with E-state index in [1.165, 1.54) is 23.1 Å². The molecule has 3 nitrogen and oxygen atoms in total. The second-order valence-electron chi connectivity index (χ2n) is 4.01. The van der Waals surface area contributed by atoms with E-state index in [1.807, 2.05) is 12.1 Å². The number of nitrogens with zero attached hydrogens (tertiary/aromatic N) is 1. The third-order valence-electron chi connectivity index (χ3n) is 2.19. The molecular formula is C11H10ClNO2S2.